The molecule has 2 unspecified atom stereocenters. The van der Waals surface area contributed by atoms with E-state index >= 15 is 0 Å². The third kappa shape index (κ3) is 5.19. The third-order valence-electron chi connectivity index (χ3n) is 6.34. The molecule has 13 heteroatoms. The van der Waals surface area contributed by atoms with E-state index in [-0.39, 0.29) is 40.6 Å². The average Bonchev–Trinajstić information content (AvgIpc) is 3.31. The van der Waals surface area contributed by atoms with E-state index in [4.69, 9.17) is 21.4 Å². The van der Waals surface area contributed by atoms with E-state index in [1.165, 1.54) is 35.4 Å². The van der Waals surface area contributed by atoms with Crippen LogP contribution in [0.2, 0.25) is 5.02 Å². The van der Waals surface area contributed by atoms with E-state index in [2.05, 4.69) is 15.3 Å². The number of hydrogen-bond donors (Lipinski definition) is 3. The first-order chi connectivity index (χ1) is 18.1. The first-order valence-electron chi connectivity index (χ1n) is 11.7. The number of nitrogens with zero attached hydrogens (tertiary/aromatic N) is 4. The number of nitrogens with one attached hydrogen (secondary N) is 1. The van der Waals surface area contributed by atoms with Gasteiger partial charge < -0.3 is 19.8 Å². The maximum Gasteiger partial charge on any atom is 0.416 e. The molecular formula is C25H23ClF3N5O4. The summed E-state index contributed by atoms with van der Waals surface area (Å²) in [6.45, 7) is 0.614. The first-order valence-corrected chi connectivity index (χ1v) is 12.1. The molecule has 200 valence electrons. The normalized spacial score (nSPS) is 17.3. The minimum absolute atomic E-state index is 0.132. The number of carbonyl (C=O) groups excluding carboxylic acids is 1. The molecule has 2 bridgehead atoms. The SMILES string of the molecule is O=C(Nc1cc(OCC(O)CO)ccn1)N1c2nc(-c3cccc(C(F)(F)F)c3)c(Cl)cc2N2CCC1C2. The molecule has 2 aliphatic heterocycles. The van der Waals surface area contributed by atoms with Gasteiger partial charge in [0.15, 0.2) is 5.82 Å². The predicted octanol–water partition coefficient (Wildman–Crippen LogP) is 4.18. The second-order valence-electron chi connectivity index (χ2n) is 8.95. The molecule has 0 aliphatic carbocycles. The van der Waals surface area contributed by atoms with Crippen molar-refractivity contribution in [3.05, 3.63) is 59.2 Å². The lowest BCUT2D eigenvalue weighted by atomic mass is 10.1. The molecular weight excluding hydrogens is 527 g/mol. The van der Waals surface area contributed by atoms with Crippen molar-refractivity contribution in [3.63, 3.8) is 0 Å². The van der Waals surface area contributed by atoms with Crippen LogP contribution in [0.1, 0.15) is 12.0 Å². The van der Waals surface area contributed by atoms with Gasteiger partial charge in [0.1, 0.15) is 24.3 Å². The standard InChI is InChI=1S/C25H23ClF3N5O4/c26-19-10-20-23(32-22(19)14-2-1-3-15(8-14)25(27,28)29)34(16-5-7-33(20)11-16)24(37)31-21-9-18(4-6-30-21)38-13-17(36)12-35/h1-4,6,8-10,16-17,35-36H,5,7,11-13H2,(H,30,31,37). The summed E-state index contributed by atoms with van der Waals surface area (Å²) in [7, 11) is 0. The van der Waals surface area contributed by atoms with Crippen LogP contribution in [0.25, 0.3) is 11.3 Å². The fraction of sp³-hybridized carbons (Fsp3) is 0.320. The zero-order valence-corrected chi connectivity index (χ0v) is 20.6. The Morgan fingerprint density at radius 2 is 2.08 bits per heavy atom. The molecule has 2 aromatic heterocycles. The quantitative estimate of drug-likeness (QED) is 0.423. The Kier molecular flexibility index (Phi) is 7.03. The number of alkyl halides is 3. The summed E-state index contributed by atoms with van der Waals surface area (Å²) in [5.74, 6) is 0.789. The van der Waals surface area contributed by atoms with E-state index in [1.807, 2.05) is 4.90 Å². The van der Waals surface area contributed by atoms with Crippen LogP contribution < -0.4 is 19.9 Å². The number of amides is 2. The monoisotopic (exact) mass is 549 g/mol. The highest BCUT2D eigenvalue weighted by Crippen LogP contribution is 2.43. The summed E-state index contributed by atoms with van der Waals surface area (Å²) >= 11 is 6.49. The lowest BCUT2D eigenvalue weighted by Gasteiger charge is -2.36. The Balaban J connectivity index is 1.46. The van der Waals surface area contributed by atoms with Crippen molar-refractivity contribution in [2.24, 2.45) is 0 Å². The maximum absolute atomic E-state index is 13.5. The van der Waals surface area contributed by atoms with Gasteiger partial charge in [-0.25, -0.2) is 14.8 Å². The molecule has 38 heavy (non-hydrogen) atoms. The lowest BCUT2D eigenvalue weighted by molar-refractivity contribution is -0.137. The van der Waals surface area contributed by atoms with Gasteiger partial charge in [0.25, 0.3) is 0 Å². The Morgan fingerprint density at radius 3 is 2.84 bits per heavy atom. The number of urea groups is 1. The second-order valence-corrected chi connectivity index (χ2v) is 9.36. The molecule has 2 aliphatic rings. The predicted molar refractivity (Wildman–Crippen MR) is 135 cm³/mol. The molecule has 0 radical (unpaired) electrons. The summed E-state index contributed by atoms with van der Waals surface area (Å²) in [5, 5.41) is 21.3. The molecule has 4 heterocycles. The van der Waals surface area contributed by atoms with Crippen LogP contribution >= 0.6 is 11.6 Å². The van der Waals surface area contributed by atoms with Gasteiger partial charge in [-0.3, -0.25) is 10.2 Å². The smallest absolute Gasteiger partial charge is 0.416 e. The van der Waals surface area contributed by atoms with Crippen LogP contribution in [-0.4, -0.2) is 64.7 Å². The molecule has 9 nitrogen and oxygen atoms in total. The highest BCUT2D eigenvalue weighted by molar-refractivity contribution is 6.33. The minimum Gasteiger partial charge on any atom is -0.491 e. The molecule has 2 atom stereocenters. The van der Waals surface area contributed by atoms with Crippen molar-refractivity contribution in [2.75, 3.05) is 41.4 Å². The van der Waals surface area contributed by atoms with Gasteiger partial charge in [0.05, 0.1) is 34.6 Å². The van der Waals surface area contributed by atoms with Gasteiger partial charge in [0, 0.05) is 30.9 Å². The number of pyridine rings is 2. The third-order valence-corrected chi connectivity index (χ3v) is 6.62. The van der Waals surface area contributed by atoms with Gasteiger partial charge in [-0.05, 0) is 30.7 Å². The number of halogens is 4. The van der Waals surface area contributed by atoms with E-state index in [0.717, 1.165) is 12.1 Å². The molecule has 0 saturated carbocycles. The van der Waals surface area contributed by atoms with Crippen LogP contribution in [0.5, 0.6) is 5.75 Å². The highest BCUT2D eigenvalue weighted by atomic mass is 35.5. The number of anilines is 3. The second kappa shape index (κ2) is 10.3. The van der Waals surface area contributed by atoms with Gasteiger partial charge in [-0.1, -0.05) is 23.7 Å². The molecule has 3 N–H and O–H groups in total. The van der Waals surface area contributed by atoms with Crippen LogP contribution in [-0.2, 0) is 6.18 Å². The Bertz CT molecular complexity index is 1360. The number of carbonyl (C=O) groups is 1. The topological polar surface area (TPSA) is 111 Å². The van der Waals surface area contributed by atoms with E-state index in [1.54, 1.807) is 6.07 Å². The maximum atomic E-state index is 13.5. The van der Waals surface area contributed by atoms with Crippen LogP contribution in [0.15, 0.2) is 48.7 Å². The number of aliphatic hydroxyl groups is 2. The summed E-state index contributed by atoms with van der Waals surface area (Å²) < 4.78 is 45.4. The summed E-state index contributed by atoms with van der Waals surface area (Å²) in [4.78, 5) is 25.7. The zero-order chi connectivity index (χ0) is 27.0. The molecule has 5 rings (SSSR count). The number of rotatable bonds is 6. The first kappa shape index (κ1) is 26.0. The molecule has 0 spiro atoms. The molecule has 1 fully saturated rings. The number of ether oxygens (including phenoxy) is 1. The number of hydrogen-bond acceptors (Lipinski definition) is 7. The Hall–Kier alpha value is -3.61. The summed E-state index contributed by atoms with van der Waals surface area (Å²) in [6, 6.07) is 8.61. The molecule has 2 amide bonds. The highest BCUT2D eigenvalue weighted by Gasteiger charge is 2.41. The van der Waals surface area contributed by atoms with Crippen LogP contribution in [0, 0.1) is 0 Å². The zero-order valence-electron chi connectivity index (χ0n) is 19.8. The number of fused-ring (bicyclic) bond motifs is 4. The van der Waals surface area contributed by atoms with E-state index in [0.29, 0.717) is 30.9 Å². The van der Waals surface area contributed by atoms with Crippen molar-refractivity contribution in [1.29, 1.82) is 0 Å². The van der Waals surface area contributed by atoms with Crippen molar-refractivity contribution in [1.82, 2.24) is 9.97 Å². The molecule has 1 aromatic carbocycles. The van der Waals surface area contributed by atoms with Gasteiger partial charge in [-0.15, -0.1) is 0 Å². The van der Waals surface area contributed by atoms with Gasteiger partial charge in [-0.2, -0.15) is 13.2 Å². The number of aliphatic hydroxyl groups excluding tert-OH is 2. The van der Waals surface area contributed by atoms with Gasteiger partial charge in [0.2, 0.25) is 0 Å². The van der Waals surface area contributed by atoms with Crippen LogP contribution in [0.4, 0.5) is 35.3 Å². The van der Waals surface area contributed by atoms with Crippen molar-refractivity contribution in [3.8, 4) is 17.0 Å². The number of benzene rings is 1. The summed E-state index contributed by atoms with van der Waals surface area (Å²) in [6.07, 6.45) is -3.51. The largest absolute Gasteiger partial charge is 0.491 e. The van der Waals surface area contributed by atoms with Gasteiger partial charge >= 0.3 is 12.2 Å². The van der Waals surface area contributed by atoms with Crippen LogP contribution in [0.3, 0.4) is 0 Å². The van der Waals surface area contributed by atoms with Crippen molar-refractivity contribution in [2.45, 2.75) is 24.7 Å². The molecule has 1 saturated heterocycles. The Labute approximate surface area is 220 Å². The minimum atomic E-state index is -4.53. The molecule has 3 aromatic rings. The average molecular weight is 550 g/mol. The Morgan fingerprint density at radius 1 is 1.26 bits per heavy atom. The van der Waals surface area contributed by atoms with E-state index in [9.17, 15) is 23.1 Å². The van der Waals surface area contributed by atoms with Crippen molar-refractivity contribution < 1.29 is 32.9 Å². The van der Waals surface area contributed by atoms with Crippen molar-refractivity contribution >= 4 is 35.0 Å². The summed E-state index contributed by atoms with van der Waals surface area (Å²) in [5.41, 5.74) is 0.0895. The van der Waals surface area contributed by atoms with E-state index < -0.39 is 30.5 Å². The fourth-order valence-electron chi connectivity index (χ4n) is 4.52. The number of aromatic nitrogens is 2. The lowest BCUT2D eigenvalue weighted by Crippen LogP contribution is -2.48. The fourth-order valence-corrected chi connectivity index (χ4v) is 4.77.